The first kappa shape index (κ1) is 21.6. The molecule has 25 heavy (non-hydrogen) atoms. The third-order valence-electron chi connectivity index (χ3n) is 3.98. The molecule has 0 saturated heterocycles. The monoisotopic (exact) mass is 372 g/mol. The van der Waals surface area contributed by atoms with Crippen molar-refractivity contribution in [2.75, 3.05) is 33.4 Å². The summed E-state index contributed by atoms with van der Waals surface area (Å²) in [5.41, 5.74) is 0.214. The second-order valence-electron chi connectivity index (χ2n) is 6.76. The molecule has 0 aliphatic rings. The van der Waals surface area contributed by atoms with Gasteiger partial charge in [-0.3, -0.25) is 4.79 Å². The molecule has 8 heteroatoms. The fourth-order valence-electron chi connectivity index (χ4n) is 2.17. The van der Waals surface area contributed by atoms with Gasteiger partial charge in [0.25, 0.3) is 5.91 Å². The van der Waals surface area contributed by atoms with E-state index in [1.165, 1.54) is 31.3 Å². The number of amides is 1. The summed E-state index contributed by atoms with van der Waals surface area (Å²) in [5.74, 6) is -0.269. The molecule has 1 aromatic carbocycles. The third kappa shape index (κ3) is 6.39. The molecule has 0 bridgehead atoms. The second-order valence-corrected chi connectivity index (χ2v) is 8.80. The van der Waals surface area contributed by atoms with Crippen molar-refractivity contribution in [3.63, 3.8) is 0 Å². The molecule has 1 rings (SSSR count). The van der Waals surface area contributed by atoms with Gasteiger partial charge >= 0.3 is 0 Å². The molecule has 0 unspecified atom stereocenters. The minimum absolute atomic E-state index is 0.00869. The molecule has 0 spiro atoms. The number of benzene rings is 1. The van der Waals surface area contributed by atoms with Gasteiger partial charge < -0.3 is 15.5 Å². The van der Waals surface area contributed by atoms with E-state index in [-0.39, 0.29) is 36.0 Å². The Balaban J connectivity index is 2.63. The van der Waals surface area contributed by atoms with Crippen LogP contribution < -0.4 is 5.32 Å². The molecule has 0 aliphatic heterocycles. The van der Waals surface area contributed by atoms with Gasteiger partial charge in [0.2, 0.25) is 10.0 Å². The van der Waals surface area contributed by atoms with Crippen molar-refractivity contribution in [3.8, 4) is 0 Å². The van der Waals surface area contributed by atoms with Crippen molar-refractivity contribution < 1.29 is 23.4 Å². The van der Waals surface area contributed by atoms with E-state index in [2.05, 4.69) is 5.32 Å². The summed E-state index contributed by atoms with van der Waals surface area (Å²) in [6, 6.07) is 5.69. The van der Waals surface area contributed by atoms with Crippen molar-refractivity contribution in [1.29, 1.82) is 0 Å². The predicted octanol–water partition coefficient (Wildman–Crippen LogP) is 0.828. The standard InChI is InChI=1S/C17H28N2O5S/c1-17(2,13-21)9-4-10-18-16(22)14-5-7-15(8-6-14)25(23,24)19(3)11-12-20/h5-8,20-21H,4,9-13H2,1-3H3,(H,18,22). The summed E-state index contributed by atoms with van der Waals surface area (Å²) in [6.45, 7) is 4.25. The molecule has 7 nitrogen and oxygen atoms in total. The van der Waals surface area contributed by atoms with Gasteiger partial charge in [0.1, 0.15) is 0 Å². The van der Waals surface area contributed by atoms with Gasteiger partial charge in [-0.15, -0.1) is 0 Å². The number of aliphatic hydroxyl groups excluding tert-OH is 2. The Morgan fingerprint density at radius 2 is 1.80 bits per heavy atom. The fourth-order valence-corrected chi connectivity index (χ4v) is 3.33. The topological polar surface area (TPSA) is 107 Å². The van der Waals surface area contributed by atoms with Crippen LogP contribution in [0.2, 0.25) is 0 Å². The number of hydrogen-bond donors (Lipinski definition) is 3. The van der Waals surface area contributed by atoms with Gasteiger partial charge in [0.05, 0.1) is 11.5 Å². The summed E-state index contributed by atoms with van der Waals surface area (Å²) in [6.07, 6.45) is 1.54. The highest BCUT2D eigenvalue weighted by atomic mass is 32.2. The minimum atomic E-state index is -3.67. The Bertz CT molecular complexity index is 656. The number of carbonyl (C=O) groups excluding carboxylic acids is 1. The molecule has 0 aliphatic carbocycles. The van der Waals surface area contributed by atoms with E-state index in [9.17, 15) is 18.3 Å². The Morgan fingerprint density at radius 1 is 1.20 bits per heavy atom. The second kappa shape index (κ2) is 9.28. The number of carbonyl (C=O) groups is 1. The maximum Gasteiger partial charge on any atom is 0.251 e. The van der Waals surface area contributed by atoms with Crippen LogP contribution >= 0.6 is 0 Å². The molecule has 0 atom stereocenters. The first-order valence-corrected chi connectivity index (χ1v) is 9.64. The number of aliphatic hydroxyl groups is 2. The molecule has 1 amide bonds. The Hall–Kier alpha value is -1.48. The van der Waals surface area contributed by atoms with Gasteiger partial charge in [-0.25, -0.2) is 8.42 Å². The zero-order valence-corrected chi connectivity index (χ0v) is 15.8. The predicted molar refractivity (Wildman–Crippen MR) is 95.8 cm³/mol. The SMILES string of the molecule is CN(CCO)S(=O)(=O)c1ccc(C(=O)NCCCC(C)(C)CO)cc1. The van der Waals surface area contributed by atoms with Crippen LogP contribution in [0.5, 0.6) is 0 Å². The Kier molecular flexibility index (Phi) is 8.01. The molecule has 0 aromatic heterocycles. The zero-order chi connectivity index (χ0) is 19.1. The first-order chi connectivity index (χ1) is 11.6. The highest BCUT2D eigenvalue weighted by Crippen LogP contribution is 2.20. The van der Waals surface area contributed by atoms with Crippen molar-refractivity contribution in [1.82, 2.24) is 9.62 Å². The van der Waals surface area contributed by atoms with E-state index in [1.54, 1.807) is 0 Å². The molecular weight excluding hydrogens is 344 g/mol. The van der Waals surface area contributed by atoms with Crippen molar-refractivity contribution in [2.45, 2.75) is 31.6 Å². The van der Waals surface area contributed by atoms with Crippen LogP contribution in [0.25, 0.3) is 0 Å². The van der Waals surface area contributed by atoms with E-state index in [0.29, 0.717) is 12.1 Å². The average molecular weight is 372 g/mol. The highest BCUT2D eigenvalue weighted by molar-refractivity contribution is 7.89. The molecule has 1 aromatic rings. The van der Waals surface area contributed by atoms with Crippen LogP contribution in [-0.2, 0) is 10.0 Å². The number of rotatable bonds is 10. The van der Waals surface area contributed by atoms with Gasteiger partial charge in [-0.05, 0) is 42.5 Å². The molecule has 3 N–H and O–H groups in total. The lowest BCUT2D eigenvalue weighted by molar-refractivity contribution is 0.0948. The van der Waals surface area contributed by atoms with Crippen molar-refractivity contribution >= 4 is 15.9 Å². The quantitative estimate of drug-likeness (QED) is 0.527. The van der Waals surface area contributed by atoms with E-state index in [0.717, 1.165) is 17.1 Å². The lowest BCUT2D eigenvalue weighted by Crippen LogP contribution is -2.30. The van der Waals surface area contributed by atoms with Crippen LogP contribution in [-0.4, -0.2) is 62.2 Å². The molecule has 142 valence electrons. The maximum atomic E-state index is 12.2. The van der Waals surface area contributed by atoms with Crippen LogP contribution in [0, 0.1) is 5.41 Å². The summed E-state index contributed by atoms with van der Waals surface area (Å²) in [7, 11) is -2.28. The Labute approximate surface area is 149 Å². The largest absolute Gasteiger partial charge is 0.396 e. The number of nitrogens with zero attached hydrogens (tertiary/aromatic N) is 1. The lowest BCUT2D eigenvalue weighted by atomic mass is 9.89. The minimum Gasteiger partial charge on any atom is -0.396 e. The normalized spacial score (nSPS) is 12.4. The summed E-state index contributed by atoms with van der Waals surface area (Å²) < 4.78 is 25.5. The van der Waals surface area contributed by atoms with E-state index in [1.807, 2.05) is 13.8 Å². The van der Waals surface area contributed by atoms with Crippen molar-refractivity contribution in [3.05, 3.63) is 29.8 Å². The molecule has 0 radical (unpaired) electrons. The van der Waals surface area contributed by atoms with Crippen LogP contribution in [0.3, 0.4) is 0 Å². The number of likely N-dealkylation sites (N-methyl/N-ethyl adjacent to an activating group) is 1. The summed E-state index contributed by atoms with van der Waals surface area (Å²) in [4.78, 5) is 12.2. The van der Waals surface area contributed by atoms with Crippen LogP contribution in [0.4, 0.5) is 0 Å². The van der Waals surface area contributed by atoms with Gasteiger partial charge in [-0.2, -0.15) is 4.31 Å². The first-order valence-electron chi connectivity index (χ1n) is 8.20. The zero-order valence-electron chi connectivity index (χ0n) is 15.0. The highest BCUT2D eigenvalue weighted by Gasteiger charge is 2.20. The average Bonchev–Trinajstić information content (AvgIpc) is 2.59. The molecular formula is C17H28N2O5S. The molecule has 0 fully saturated rings. The number of nitrogens with one attached hydrogen (secondary N) is 1. The van der Waals surface area contributed by atoms with Gasteiger partial charge in [0, 0.05) is 32.3 Å². The Morgan fingerprint density at radius 3 is 2.32 bits per heavy atom. The summed E-state index contributed by atoms with van der Waals surface area (Å²) in [5, 5.41) is 20.8. The smallest absolute Gasteiger partial charge is 0.251 e. The fraction of sp³-hybridized carbons (Fsp3) is 0.588. The van der Waals surface area contributed by atoms with Gasteiger partial charge in [0.15, 0.2) is 0 Å². The van der Waals surface area contributed by atoms with E-state index >= 15 is 0 Å². The van der Waals surface area contributed by atoms with Crippen molar-refractivity contribution in [2.24, 2.45) is 5.41 Å². The molecule has 0 heterocycles. The van der Waals surface area contributed by atoms with E-state index in [4.69, 9.17) is 5.11 Å². The van der Waals surface area contributed by atoms with Crippen LogP contribution in [0.1, 0.15) is 37.0 Å². The third-order valence-corrected chi connectivity index (χ3v) is 5.85. The van der Waals surface area contributed by atoms with Crippen LogP contribution in [0.15, 0.2) is 29.2 Å². The lowest BCUT2D eigenvalue weighted by Gasteiger charge is -2.21. The summed E-state index contributed by atoms with van der Waals surface area (Å²) >= 11 is 0. The van der Waals surface area contributed by atoms with Gasteiger partial charge in [-0.1, -0.05) is 13.8 Å². The van der Waals surface area contributed by atoms with E-state index < -0.39 is 10.0 Å². The maximum absolute atomic E-state index is 12.2. The number of sulfonamides is 1. The number of hydrogen-bond acceptors (Lipinski definition) is 5. The molecule has 0 saturated carbocycles.